The lowest BCUT2D eigenvalue weighted by atomic mass is 10.2. The van der Waals surface area contributed by atoms with Crippen molar-refractivity contribution < 1.29 is 9.26 Å². The minimum Gasteiger partial charge on any atom is -0.379 e. The summed E-state index contributed by atoms with van der Waals surface area (Å²) in [5.41, 5.74) is 7.05. The molecule has 114 valence electrons. The fraction of sp³-hybridized carbons (Fsp3) is 0.500. The minimum atomic E-state index is -0.263. The first-order valence-electron chi connectivity index (χ1n) is 6.48. The summed E-state index contributed by atoms with van der Waals surface area (Å²) >= 11 is 8.49. The van der Waals surface area contributed by atoms with Gasteiger partial charge >= 0.3 is 0 Å². The molecule has 2 aromatic rings. The second kappa shape index (κ2) is 6.84. The van der Waals surface area contributed by atoms with Gasteiger partial charge in [-0.3, -0.25) is 4.90 Å². The summed E-state index contributed by atoms with van der Waals surface area (Å²) in [6.07, 6.45) is 0. The molecule has 0 radical (unpaired) electrons. The van der Waals surface area contributed by atoms with Gasteiger partial charge in [0.1, 0.15) is 0 Å². The highest BCUT2D eigenvalue weighted by molar-refractivity contribution is 9.12. The van der Waals surface area contributed by atoms with E-state index >= 15 is 0 Å². The lowest BCUT2D eigenvalue weighted by Gasteiger charge is -2.27. The molecule has 6 nitrogen and oxygen atoms in total. The molecule has 1 fully saturated rings. The third-order valence-corrected chi connectivity index (χ3v) is 5.56. The molecule has 1 aliphatic rings. The molecular weight excluding hydrogens is 424 g/mol. The van der Waals surface area contributed by atoms with Crippen LogP contribution in [-0.2, 0) is 4.74 Å². The van der Waals surface area contributed by atoms with Crippen LogP contribution in [0.15, 0.2) is 18.2 Å². The van der Waals surface area contributed by atoms with E-state index in [1.54, 1.807) is 11.3 Å². The highest BCUT2D eigenvalue weighted by atomic mass is 79.9. The van der Waals surface area contributed by atoms with Crippen molar-refractivity contribution >= 4 is 43.2 Å². The molecule has 9 heteroatoms. The monoisotopic (exact) mass is 436 g/mol. The summed E-state index contributed by atoms with van der Waals surface area (Å²) in [6, 6.07) is 1.68. The van der Waals surface area contributed by atoms with E-state index in [0.29, 0.717) is 18.3 Å². The van der Waals surface area contributed by atoms with Gasteiger partial charge in [-0.05, 0) is 37.9 Å². The Hall–Kier alpha value is -0.320. The van der Waals surface area contributed by atoms with E-state index in [4.69, 9.17) is 15.0 Å². The van der Waals surface area contributed by atoms with Gasteiger partial charge in [0, 0.05) is 19.6 Å². The quantitative estimate of drug-likeness (QED) is 0.792. The zero-order valence-electron chi connectivity index (χ0n) is 11.1. The zero-order valence-corrected chi connectivity index (χ0v) is 15.1. The Bertz CT molecular complexity index is 612. The third kappa shape index (κ3) is 3.72. The van der Waals surface area contributed by atoms with Crippen molar-refractivity contribution in [3.8, 4) is 11.5 Å². The van der Waals surface area contributed by atoms with Crippen molar-refractivity contribution in [3.05, 3.63) is 19.5 Å². The maximum absolute atomic E-state index is 6.17. The number of morpholine rings is 1. The molecule has 3 heterocycles. The molecule has 0 bridgehead atoms. The van der Waals surface area contributed by atoms with Gasteiger partial charge < -0.3 is 15.0 Å². The van der Waals surface area contributed by atoms with Crippen molar-refractivity contribution in [1.29, 1.82) is 0 Å². The van der Waals surface area contributed by atoms with Gasteiger partial charge in [-0.1, -0.05) is 5.16 Å². The zero-order chi connectivity index (χ0) is 14.8. The van der Waals surface area contributed by atoms with Crippen LogP contribution >= 0.6 is 43.2 Å². The first-order valence-corrected chi connectivity index (χ1v) is 8.88. The lowest BCUT2D eigenvalue weighted by Crippen LogP contribution is -2.40. The summed E-state index contributed by atoms with van der Waals surface area (Å²) in [5, 5.41) is 4.01. The highest BCUT2D eigenvalue weighted by Gasteiger charge is 2.21. The smallest absolute Gasteiger partial charge is 0.260 e. The maximum atomic E-state index is 6.17. The Balaban J connectivity index is 1.70. The molecule has 21 heavy (non-hydrogen) atoms. The molecule has 0 saturated carbocycles. The van der Waals surface area contributed by atoms with Crippen LogP contribution in [0.25, 0.3) is 11.5 Å². The summed E-state index contributed by atoms with van der Waals surface area (Å²) in [5.74, 6) is 1.02. The number of nitrogens with zero attached hydrogens (tertiary/aromatic N) is 3. The summed E-state index contributed by atoms with van der Waals surface area (Å²) < 4.78 is 12.6. The molecule has 2 N–H and O–H groups in total. The SMILES string of the molecule is NC(CN1CCOCC1)c1noc(-c2cc(Br)sc2Br)n1. The first-order chi connectivity index (χ1) is 10.1. The molecule has 1 atom stereocenters. The van der Waals surface area contributed by atoms with Crippen LogP contribution in [0.1, 0.15) is 11.9 Å². The van der Waals surface area contributed by atoms with Crippen molar-refractivity contribution in [3.63, 3.8) is 0 Å². The maximum Gasteiger partial charge on any atom is 0.260 e. The molecule has 1 aliphatic heterocycles. The van der Waals surface area contributed by atoms with Gasteiger partial charge in [-0.2, -0.15) is 4.98 Å². The fourth-order valence-electron chi connectivity index (χ4n) is 2.12. The van der Waals surface area contributed by atoms with Crippen molar-refractivity contribution in [1.82, 2.24) is 15.0 Å². The summed E-state index contributed by atoms with van der Waals surface area (Å²) in [4.78, 5) is 6.67. The number of nitrogens with two attached hydrogens (primary N) is 1. The topological polar surface area (TPSA) is 77.4 Å². The van der Waals surface area contributed by atoms with E-state index < -0.39 is 0 Å². The van der Waals surface area contributed by atoms with Crippen LogP contribution < -0.4 is 5.73 Å². The first kappa shape index (κ1) is 15.6. The molecule has 2 aromatic heterocycles. The van der Waals surface area contributed by atoms with Gasteiger partial charge in [-0.25, -0.2) is 0 Å². The van der Waals surface area contributed by atoms with Crippen LogP contribution in [0.3, 0.4) is 0 Å². The molecule has 1 saturated heterocycles. The van der Waals surface area contributed by atoms with Gasteiger partial charge in [0.05, 0.1) is 32.4 Å². The predicted molar refractivity (Wildman–Crippen MR) is 87.2 cm³/mol. The Kier molecular flexibility index (Phi) is 5.07. The van der Waals surface area contributed by atoms with Gasteiger partial charge in [0.2, 0.25) is 0 Å². The number of ether oxygens (including phenoxy) is 1. The summed E-state index contributed by atoms with van der Waals surface area (Å²) in [6.45, 7) is 3.99. The van der Waals surface area contributed by atoms with Gasteiger partial charge in [-0.15, -0.1) is 11.3 Å². The number of halogens is 2. The molecule has 0 spiro atoms. The average Bonchev–Trinajstić information content (AvgIpc) is 3.06. The van der Waals surface area contributed by atoms with E-state index in [-0.39, 0.29) is 6.04 Å². The van der Waals surface area contributed by atoms with Crippen molar-refractivity contribution in [2.45, 2.75) is 6.04 Å². The second-order valence-electron chi connectivity index (χ2n) is 4.72. The normalized spacial score (nSPS) is 18.0. The van der Waals surface area contributed by atoms with Crippen LogP contribution in [0.4, 0.5) is 0 Å². The standard InChI is InChI=1S/C12H14Br2N4O2S/c13-9-5-7(10(14)21-9)12-16-11(17-20-12)8(15)6-18-1-3-19-4-2-18/h5,8H,1-4,6,15H2. The van der Waals surface area contributed by atoms with Crippen LogP contribution in [0, 0.1) is 0 Å². The third-order valence-electron chi connectivity index (χ3n) is 3.22. The molecular formula is C12H14Br2N4O2S. The predicted octanol–water partition coefficient (Wildman–Crippen LogP) is 2.66. The molecule has 0 aliphatic carbocycles. The average molecular weight is 438 g/mol. The number of hydrogen-bond acceptors (Lipinski definition) is 7. The van der Waals surface area contributed by atoms with Crippen LogP contribution in [0.5, 0.6) is 0 Å². The fourth-order valence-corrected chi connectivity index (χ4v) is 4.90. The largest absolute Gasteiger partial charge is 0.379 e. The molecule has 0 amide bonds. The number of aromatic nitrogens is 2. The van der Waals surface area contributed by atoms with Crippen molar-refractivity contribution in [2.75, 3.05) is 32.8 Å². The highest BCUT2D eigenvalue weighted by Crippen LogP contribution is 2.37. The van der Waals surface area contributed by atoms with E-state index in [1.165, 1.54) is 0 Å². The van der Waals surface area contributed by atoms with E-state index in [0.717, 1.165) is 39.4 Å². The van der Waals surface area contributed by atoms with Gasteiger partial charge in [0.15, 0.2) is 5.82 Å². The van der Waals surface area contributed by atoms with E-state index in [9.17, 15) is 0 Å². The molecule has 3 rings (SSSR count). The van der Waals surface area contributed by atoms with E-state index in [1.807, 2.05) is 6.07 Å². The Morgan fingerprint density at radius 3 is 2.81 bits per heavy atom. The Labute approximate surface area is 142 Å². The van der Waals surface area contributed by atoms with Crippen LogP contribution in [0.2, 0.25) is 0 Å². The van der Waals surface area contributed by atoms with Crippen LogP contribution in [-0.4, -0.2) is 47.9 Å². The molecule has 1 unspecified atom stereocenters. The second-order valence-corrected chi connectivity index (χ2v) is 8.46. The van der Waals surface area contributed by atoms with Gasteiger partial charge in [0.25, 0.3) is 5.89 Å². The number of thiophene rings is 1. The lowest BCUT2D eigenvalue weighted by molar-refractivity contribution is 0.0348. The molecule has 0 aromatic carbocycles. The number of rotatable bonds is 4. The van der Waals surface area contributed by atoms with E-state index in [2.05, 4.69) is 46.9 Å². The minimum absolute atomic E-state index is 0.263. The van der Waals surface area contributed by atoms with Crippen molar-refractivity contribution in [2.24, 2.45) is 5.73 Å². The Morgan fingerprint density at radius 2 is 2.14 bits per heavy atom. The number of hydrogen-bond donors (Lipinski definition) is 1. The Morgan fingerprint density at radius 1 is 1.38 bits per heavy atom. The summed E-state index contributed by atoms with van der Waals surface area (Å²) in [7, 11) is 0.